The lowest BCUT2D eigenvalue weighted by atomic mass is 9.83. The molecule has 4 atom stereocenters. The molecule has 0 aliphatic carbocycles. The number of pyridine rings is 1. The number of benzene rings is 1. The summed E-state index contributed by atoms with van der Waals surface area (Å²) in [4.78, 5) is 13.5. The van der Waals surface area contributed by atoms with Crippen LogP contribution in [0.2, 0.25) is 0 Å². The van der Waals surface area contributed by atoms with Gasteiger partial charge in [-0.25, -0.2) is 0 Å². The number of likely N-dealkylation sites (tertiary alicyclic amines) is 1. The van der Waals surface area contributed by atoms with Crippen molar-refractivity contribution in [2.45, 2.75) is 25.0 Å². The minimum Gasteiger partial charge on any atom is -0.382 e. The molecule has 0 saturated carbocycles. The van der Waals surface area contributed by atoms with Gasteiger partial charge in [0.05, 0.1) is 13.1 Å². The molecule has 2 bridgehead atoms. The first-order valence-corrected chi connectivity index (χ1v) is 8.47. The lowest BCUT2D eigenvalue weighted by molar-refractivity contribution is -0.914. The Morgan fingerprint density at radius 2 is 1.96 bits per heavy atom. The predicted octanol–water partition coefficient (Wildman–Crippen LogP) is 0.584. The van der Waals surface area contributed by atoms with Crippen molar-refractivity contribution >= 4 is 0 Å². The summed E-state index contributed by atoms with van der Waals surface area (Å²) >= 11 is 0. The summed E-state index contributed by atoms with van der Waals surface area (Å²) < 4.78 is 1.96. The van der Waals surface area contributed by atoms with Crippen LogP contribution in [-0.2, 0) is 6.54 Å². The Balaban J connectivity index is 1.51. The van der Waals surface area contributed by atoms with E-state index in [1.54, 1.807) is 6.07 Å². The quantitative estimate of drug-likeness (QED) is 0.871. The number of fused-ring (bicyclic) bond motifs is 4. The van der Waals surface area contributed by atoms with Crippen LogP contribution >= 0.6 is 0 Å². The second kappa shape index (κ2) is 5.95. The zero-order valence-corrected chi connectivity index (χ0v) is 13.2. The van der Waals surface area contributed by atoms with Crippen LogP contribution in [0.25, 0.3) is 0 Å². The first-order chi connectivity index (χ1) is 11.2. The van der Waals surface area contributed by atoms with E-state index in [0.717, 1.165) is 31.7 Å². The molecule has 1 saturated heterocycles. The predicted molar refractivity (Wildman–Crippen MR) is 88.5 cm³/mol. The Kier molecular flexibility index (Phi) is 3.79. The monoisotopic (exact) mass is 311 g/mol. The van der Waals surface area contributed by atoms with Crippen molar-refractivity contribution in [3.05, 3.63) is 70.1 Å². The van der Waals surface area contributed by atoms with E-state index in [9.17, 15) is 9.90 Å². The number of hydrogen-bond donors (Lipinski definition) is 2. The first-order valence-electron chi connectivity index (χ1n) is 8.47. The van der Waals surface area contributed by atoms with Crippen molar-refractivity contribution in [3.63, 3.8) is 0 Å². The highest BCUT2D eigenvalue weighted by Gasteiger charge is 2.37. The van der Waals surface area contributed by atoms with E-state index in [1.165, 1.54) is 17.0 Å². The molecule has 4 nitrogen and oxygen atoms in total. The Hall–Kier alpha value is -1.91. The summed E-state index contributed by atoms with van der Waals surface area (Å²) in [5, 5.41) is 10.5. The number of hydrogen-bond acceptors (Lipinski definition) is 2. The van der Waals surface area contributed by atoms with Gasteiger partial charge in [0.2, 0.25) is 0 Å². The topological polar surface area (TPSA) is 46.7 Å². The maximum atomic E-state index is 12.1. The van der Waals surface area contributed by atoms with Gasteiger partial charge >= 0.3 is 0 Å². The fourth-order valence-corrected chi connectivity index (χ4v) is 4.35. The molecule has 23 heavy (non-hydrogen) atoms. The standard InChI is InChI=1S/C19H22N2O2/c22-18(15-5-2-1-3-6-15)13-20-10-14-9-16(12-20)17-7-4-8-19(23)21(17)11-14/h1-8,14,16,18,22H,9-13H2/p+1/t14-,16+,18-/m1/s1. The minimum atomic E-state index is -0.414. The highest BCUT2D eigenvalue weighted by molar-refractivity contribution is 5.18. The Morgan fingerprint density at radius 3 is 2.78 bits per heavy atom. The highest BCUT2D eigenvalue weighted by atomic mass is 16.3. The molecule has 1 aromatic carbocycles. The fraction of sp³-hybridized carbons (Fsp3) is 0.421. The van der Waals surface area contributed by atoms with E-state index in [0.29, 0.717) is 11.8 Å². The second-order valence-corrected chi connectivity index (χ2v) is 6.99. The number of aromatic nitrogens is 1. The summed E-state index contributed by atoms with van der Waals surface area (Å²) in [6.07, 6.45) is 0.761. The molecule has 0 spiro atoms. The molecule has 4 heteroatoms. The van der Waals surface area contributed by atoms with Crippen LogP contribution in [0.3, 0.4) is 0 Å². The van der Waals surface area contributed by atoms with Crippen molar-refractivity contribution in [1.29, 1.82) is 0 Å². The van der Waals surface area contributed by atoms with Gasteiger partial charge in [0.15, 0.2) is 0 Å². The zero-order chi connectivity index (χ0) is 15.8. The Bertz CT molecular complexity index is 741. The van der Waals surface area contributed by atoms with Gasteiger partial charge in [-0.2, -0.15) is 0 Å². The number of rotatable bonds is 3. The van der Waals surface area contributed by atoms with Gasteiger partial charge in [-0.1, -0.05) is 36.4 Å². The molecule has 120 valence electrons. The average Bonchev–Trinajstić information content (AvgIpc) is 2.57. The van der Waals surface area contributed by atoms with Gasteiger partial charge < -0.3 is 14.6 Å². The number of nitrogens with zero attached hydrogens (tertiary/aromatic N) is 1. The summed E-state index contributed by atoms with van der Waals surface area (Å²) in [5.74, 6) is 0.980. The van der Waals surface area contributed by atoms with Crippen LogP contribution in [0.4, 0.5) is 0 Å². The van der Waals surface area contributed by atoms with Crippen LogP contribution in [0.15, 0.2) is 53.3 Å². The summed E-state index contributed by atoms with van der Waals surface area (Å²) in [6, 6.07) is 15.5. The molecule has 2 aliphatic heterocycles. The zero-order valence-electron chi connectivity index (χ0n) is 13.2. The van der Waals surface area contributed by atoms with Crippen LogP contribution in [0.5, 0.6) is 0 Å². The number of aliphatic hydroxyl groups excluding tert-OH is 1. The third-order valence-electron chi connectivity index (χ3n) is 5.34. The molecule has 0 amide bonds. The molecule has 2 aromatic rings. The lowest BCUT2D eigenvalue weighted by Crippen LogP contribution is -3.15. The molecule has 4 rings (SSSR count). The lowest BCUT2D eigenvalue weighted by Gasteiger charge is -2.40. The van der Waals surface area contributed by atoms with E-state index in [2.05, 4.69) is 6.07 Å². The fourth-order valence-electron chi connectivity index (χ4n) is 4.35. The van der Waals surface area contributed by atoms with Crippen molar-refractivity contribution in [2.75, 3.05) is 19.6 Å². The Labute approximate surface area is 136 Å². The van der Waals surface area contributed by atoms with Crippen LogP contribution < -0.4 is 10.5 Å². The minimum absolute atomic E-state index is 0.130. The maximum Gasteiger partial charge on any atom is 0.250 e. The largest absolute Gasteiger partial charge is 0.382 e. The molecule has 2 N–H and O–H groups in total. The van der Waals surface area contributed by atoms with E-state index in [4.69, 9.17) is 0 Å². The number of nitrogens with one attached hydrogen (secondary N) is 1. The van der Waals surface area contributed by atoms with Gasteiger partial charge in [-0.15, -0.1) is 0 Å². The van der Waals surface area contributed by atoms with E-state index in [1.807, 2.05) is 41.0 Å². The smallest absolute Gasteiger partial charge is 0.250 e. The van der Waals surface area contributed by atoms with Crippen LogP contribution in [0, 0.1) is 5.92 Å². The molecule has 0 radical (unpaired) electrons. The molecule has 1 unspecified atom stereocenters. The second-order valence-electron chi connectivity index (χ2n) is 6.99. The summed E-state index contributed by atoms with van der Waals surface area (Å²) in [6.45, 7) is 3.62. The molecule has 1 aromatic heterocycles. The van der Waals surface area contributed by atoms with E-state index in [-0.39, 0.29) is 5.56 Å². The van der Waals surface area contributed by atoms with Gasteiger partial charge in [0.1, 0.15) is 12.6 Å². The SMILES string of the molecule is O=c1cccc2n1C[C@@H]1C[C@H]2C[NH+](C[C@@H](O)c2ccccc2)C1. The van der Waals surface area contributed by atoms with Gasteiger partial charge in [-0.3, -0.25) is 4.79 Å². The first kappa shape index (κ1) is 14.7. The third kappa shape index (κ3) is 2.84. The third-order valence-corrected chi connectivity index (χ3v) is 5.34. The normalized spacial score (nSPS) is 27.3. The molecule has 3 heterocycles. The summed E-state index contributed by atoms with van der Waals surface area (Å²) in [7, 11) is 0. The van der Waals surface area contributed by atoms with Crippen LogP contribution in [-0.4, -0.2) is 29.3 Å². The van der Waals surface area contributed by atoms with Crippen molar-refractivity contribution in [1.82, 2.24) is 4.57 Å². The highest BCUT2D eigenvalue weighted by Crippen LogP contribution is 2.30. The van der Waals surface area contributed by atoms with E-state index >= 15 is 0 Å². The van der Waals surface area contributed by atoms with Crippen molar-refractivity contribution in [2.24, 2.45) is 5.92 Å². The maximum absolute atomic E-state index is 12.1. The number of aliphatic hydroxyl groups is 1. The van der Waals surface area contributed by atoms with Crippen LogP contribution in [0.1, 0.15) is 29.7 Å². The van der Waals surface area contributed by atoms with Crippen molar-refractivity contribution in [3.8, 4) is 0 Å². The summed E-state index contributed by atoms with van der Waals surface area (Å²) in [5.41, 5.74) is 2.30. The Morgan fingerprint density at radius 1 is 1.13 bits per heavy atom. The molecule has 1 fully saturated rings. The van der Waals surface area contributed by atoms with Gasteiger partial charge in [0.25, 0.3) is 5.56 Å². The number of piperidine rings is 1. The van der Waals surface area contributed by atoms with Crippen molar-refractivity contribution < 1.29 is 10.0 Å². The number of quaternary nitrogens is 1. The van der Waals surface area contributed by atoms with Gasteiger partial charge in [-0.05, 0) is 18.1 Å². The van der Waals surface area contributed by atoms with E-state index < -0.39 is 6.10 Å². The average molecular weight is 311 g/mol. The molecule has 2 aliphatic rings. The molecular weight excluding hydrogens is 288 g/mol. The van der Waals surface area contributed by atoms with Gasteiger partial charge in [0, 0.05) is 30.1 Å². The molecular formula is C19H23N2O2+.